The molecule has 2 heterocycles. The standard InChI is InChI=1S/C20H23N3O3/c1-14(2)13-16(15-7-4-3-5-8-15)21-18(24)10-11-19-22-20(23-26-19)17-9-6-12-25-17/h3-9,12,14,16H,10-11,13H2,1-2H3,(H,21,24). The summed E-state index contributed by atoms with van der Waals surface area (Å²) in [6.07, 6.45) is 3.13. The molecule has 1 N–H and O–H groups in total. The summed E-state index contributed by atoms with van der Waals surface area (Å²) >= 11 is 0. The van der Waals surface area contributed by atoms with Crippen LogP contribution in [0.4, 0.5) is 0 Å². The summed E-state index contributed by atoms with van der Waals surface area (Å²) in [5.74, 6) is 1.81. The van der Waals surface area contributed by atoms with Crippen molar-refractivity contribution in [3.8, 4) is 11.6 Å². The molecule has 26 heavy (non-hydrogen) atoms. The first-order valence-electron chi connectivity index (χ1n) is 8.82. The lowest BCUT2D eigenvalue weighted by molar-refractivity contribution is -0.122. The minimum Gasteiger partial charge on any atom is -0.461 e. The van der Waals surface area contributed by atoms with E-state index in [4.69, 9.17) is 8.94 Å². The van der Waals surface area contributed by atoms with Gasteiger partial charge in [-0.25, -0.2) is 0 Å². The number of nitrogens with zero attached hydrogens (tertiary/aromatic N) is 2. The van der Waals surface area contributed by atoms with Gasteiger partial charge in [-0.2, -0.15) is 4.98 Å². The summed E-state index contributed by atoms with van der Waals surface area (Å²) < 4.78 is 10.4. The minimum absolute atomic E-state index is 0.00469. The maximum absolute atomic E-state index is 12.4. The summed E-state index contributed by atoms with van der Waals surface area (Å²) in [5.41, 5.74) is 1.12. The number of rotatable bonds is 8. The van der Waals surface area contributed by atoms with Crippen LogP contribution in [0.1, 0.15) is 44.2 Å². The molecule has 6 heteroatoms. The molecule has 3 rings (SSSR count). The topological polar surface area (TPSA) is 81.2 Å². The maximum Gasteiger partial charge on any atom is 0.238 e. The molecule has 0 aliphatic heterocycles. The second kappa shape index (κ2) is 8.47. The van der Waals surface area contributed by atoms with Crippen molar-refractivity contribution < 1.29 is 13.7 Å². The van der Waals surface area contributed by atoms with Crippen LogP contribution in [-0.4, -0.2) is 16.0 Å². The van der Waals surface area contributed by atoms with E-state index in [1.807, 2.05) is 30.3 Å². The van der Waals surface area contributed by atoms with Crippen molar-refractivity contribution in [1.29, 1.82) is 0 Å². The van der Waals surface area contributed by atoms with Crippen LogP contribution in [0.3, 0.4) is 0 Å². The Kier molecular flexibility index (Phi) is 5.84. The van der Waals surface area contributed by atoms with E-state index in [1.165, 1.54) is 0 Å². The van der Waals surface area contributed by atoms with E-state index < -0.39 is 0 Å². The monoisotopic (exact) mass is 353 g/mol. The highest BCUT2D eigenvalue weighted by atomic mass is 16.5. The maximum atomic E-state index is 12.4. The lowest BCUT2D eigenvalue weighted by atomic mass is 9.97. The molecule has 0 saturated carbocycles. The molecule has 1 amide bonds. The van der Waals surface area contributed by atoms with Crippen molar-refractivity contribution in [3.63, 3.8) is 0 Å². The van der Waals surface area contributed by atoms with Gasteiger partial charge in [-0.05, 0) is 30.0 Å². The quantitative estimate of drug-likeness (QED) is 0.657. The molecule has 136 valence electrons. The molecule has 1 unspecified atom stereocenters. The first kappa shape index (κ1) is 17.9. The molecule has 0 radical (unpaired) electrons. The number of furan rings is 1. The highest BCUT2D eigenvalue weighted by Crippen LogP contribution is 2.21. The molecule has 3 aromatic rings. The third kappa shape index (κ3) is 4.81. The fourth-order valence-electron chi connectivity index (χ4n) is 2.78. The van der Waals surface area contributed by atoms with Crippen molar-refractivity contribution in [3.05, 3.63) is 60.2 Å². The van der Waals surface area contributed by atoms with Gasteiger partial charge < -0.3 is 14.3 Å². The number of amides is 1. The Balaban J connectivity index is 1.57. The van der Waals surface area contributed by atoms with Gasteiger partial charge in [-0.3, -0.25) is 4.79 Å². The van der Waals surface area contributed by atoms with E-state index in [2.05, 4.69) is 29.3 Å². The minimum atomic E-state index is -0.0303. The molecule has 0 aliphatic rings. The molecular weight excluding hydrogens is 330 g/mol. The normalized spacial score (nSPS) is 12.3. The van der Waals surface area contributed by atoms with Gasteiger partial charge in [0.1, 0.15) is 0 Å². The molecule has 1 atom stereocenters. The smallest absolute Gasteiger partial charge is 0.238 e. The zero-order valence-electron chi connectivity index (χ0n) is 15.0. The van der Waals surface area contributed by atoms with Crippen LogP contribution in [0.15, 0.2) is 57.7 Å². The average Bonchev–Trinajstić information content (AvgIpc) is 3.31. The molecule has 6 nitrogen and oxygen atoms in total. The molecule has 2 aromatic heterocycles. The third-order valence-electron chi connectivity index (χ3n) is 4.02. The van der Waals surface area contributed by atoms with Crippen molar-refractivity contribution in [2.45, 2.75) is 39.2 Å². The van der Waals surface area contributed by atoms with Gasteiger partial charge in [0.2, 0.25) is 17.6 Å². The first-order chi connectivity index (χ1) is 12.6. The Bertz CT molecular complexity index is 810. The molecule has 0 bridgehead atoms. The Morgan fingerprint density at radius 1 is 1.15 bits per heavy atom. The van der Waals surface area contributed by atoms with E-state index in [0.717, 1.165) is 12.0 Å². The van der Waals surface area contributed by atoms with E-state index in [-0.39, 0.29) is 11.9 Å². The highest BCUT2D eigenvalue weighted by Gasteiger charge is 2.17. The fourth-order valence-corrected chi connectivity index (χ4v) is 2.78. The number of carbonyl (C=O) groups is 1. The predicted octanol–water partition coefficient (Wildman–Crippen LogP) is 4.17. The second-order valence-corrected chi connectivity index (χ2v) is 6.65. The number of hydrogen-bond acceptors (Lipinski definition) is 5. The Morgan fingerprint density at radius 2 is 1.96 bits per heavy atom. The van der Waals surface area contributed by atoms with Crippen LogP contribution in [0.25, 0.3) is 11.6 Å². The number of nitrogens with one attached hydrogen (secondary N) is 1. The van der Waals surface area contributed by atoms with Gasteiger partial charge in [0, 0.05) is 12.8 Å². The van der Waals surface area contributed by atoms with Gasteiger partial charge in [0.05, 0.1) is 12.3 Å². The molecule has 0 saturated heterocycles. The summed E-state index contributed by atoms with van der Waals surface area (Å²) in [4.78, 5) is 16.7. The van der Waals surface area contributed by atoms with Crippen LogP contribution in [0, 0.1) is 5.92 Å². The van der Waals surface area contributed by atoms with E-state index in [0.29, 0.717) is 36.2 Å². The molecule has 0 aliphatic carbocycles. The first-order valence-corrected chi connectivity index (χ1v) is 8.82. The third-order valence-corrected chi connectivity index (χ3v) is 4.02. The van der Waals surface area contributed by atoms with Crippen LogP contribution in [-0.2, 0) is 11.2 Å². The second-order valence-electron chi connectivity index (χ2n) is 6.65. The fraction of sp³-hybridized carbons (Fsp3) is 0.350. The predicted molar refractivity (Wildman–Crippen MR) is 97.1 cm³/mol. The van der Waals surface area contributed by atoms with Gasteiger partial charge in [0.25, 0.3) is 0 Å². The summed E-state index contributed by atoms with van der Waals surface area (Å²) in [6, 6.07) is 13.6. The van der Waals surface area contributed by atoms with Gasteiger partial charge in [-0.15, -0.1) is 0 Å². The molecule has 0 fully saturated rings. The molecular formula is C20H23N3O3. The number of aromatic nitrogens is 2. The molecule has 1 aromatic carbocycles. The Labute approximate surface area is 152 Å². The SMILES string of the molecule is CC(C)CC(NC(=O)CCc1nc(-c2ccco2)no1)c1ccccc1. The van der Waals surface area contributed by atoms with Crippen molar-refractivity contribution >= 4 is 5.91 Å². The summed E-state index contributed by atoms with van der Waals surface area (Å²) in [5, 5.41) is 6.99. The number of hydrogen-bond donors (Lipinski definition) is 1. The lowest BCUT2D eigenvalue weighted by Crippen LogP contribution is -2.29. The van der Waals surface area contributed by atoms with Crippen LogP contribution < -0.4 is 5.32 Å². The average molecular weight is 353 g/mol. The van der Waals surface area contributed by atoms with Crippen molar-refractivity contribution in [1.82, 2.24) is 15.5 Å². The lowest BCUT2D eigenvalue weighted by Gasteiger charge is -2.21. The van der Waals surface area contributed by atoms with Gasteiger partial charge >= 0.3 is 0 Å². The number of aryl methyl sites for hydroxylation is 1. The van der Waals surface area contributed by atoms with E-state index >= 15 is 0 Å². The van der Waals surface area contributed by atoms with Crippen molar-refractivity contribution in [2.24, 2.45) is 5.92 Å². The summed E-state index contributed by atoms with van der Waals surface area (Å²) in [7, 11) is 0. The zero-order valence-corrected chi connectivity index (χ0v) is 15.0. The van der Waals surface area contributed by atoms with Crippen molar-refractivity contribution in [2.75, 3.05) is 0 Å². The van der Waals surface area contributed by atoms with Gasteiger partial charge in [0.15, 0.2) is 5.76 Å². The van der Waals surface area contributed by atoms with E-state index in [9.17, 15) is 4.79 Å². The number of benzene rings is 1. The highest BCUT2D eigenvalue weighted by molar-refractivity contribution is 5.76. The van der Waals surface area contributed by atoms with Gasteiger partial charge in [-0.1, -0.05) is 49.3 Å². The Morgan fingerprint density at radius 3 is 2.65 bits per heavy atom. The van der Waals surface area contributed by atoms with E-state index in [1.54, 1.807) is 18.4 Å². The van der Waals surface area contributed by atoms with Crippen LogP contribution in [0.5, 0.6) is 0 Å². The number of carbonyl (C=O) groups excluding carboxylic acids is 1. The summed E-state index contributed by atoms with van der Waals surface area (Å²) in [6.45, 7) is 4.30. The van der Waals surface area contributed by atoms with Crippen LogP contribution >= 0.6 is 0 Å². The van der Waals surface area contributed by atoms with Crippen LogP contribution in [0.2, 0.25) is 0 Å². The Hall–Kier alpha value is -2.89. The molecule has 0 spiro atoms. The largest absolute Gasteiger partial charge is 0.461 e. The zero-order chi connectivity index (χ0) is 18.4.